The highest BCUT2D eigenvalue weighted by Crippen LogP contribution is 2.39. The molecule has 1 fully saturated rings. The molecule has 140 valence electrons. The molecule has 26 heavy (non-hydrogen) atoms. The average molecular weight is 403 g/mol. The number of hydrogen-bond acceptors (Lipinski definition) is 5. The number of urea groups is 1. The minimum atomic E-state index is -4.39. The van der Waals surface area contributed by atoms with E-state index in [0.29, 0.717) is 29.5 Å². The lowest BCUT2D eigenvalue weighted by atomic mass is 10.2. The predicted octanol–water partition coefficient (Wildman–Crippen LogP) is 4.05. The molecule has 10 heteroatoms. The summed E-state index contributed by atoms with van der Waals surface area (Å²) in [6, 6.07) is 5.15. The van der Waals surface area contributed by atoms with Gasteiger partial charge in [-0.15, -0.1) is 11.8 Å². The van der Waals surface area contributed by atoms with Gasteiger partial charge in [0.2, 0.25) is 0 Å². The van der Waals surface area contributed by atoms with Gasteiger partial charge in [-0.1, -0.05) is 23.5 Å². The maximum atomic E-state index is 13.1. The third kappa shape index (κ3) is 4.49. The fraction of sp³-hybridized carbons (Fsp3) is 0.375. The molecule has 0 aliphatic carbocycles. The second-order valence-corrected chi connectivity index (χ2v) is 8.15. The van der Waals surface area contributed by atoms with Crippen molar-refractivity contribution in [1.82, 2.24) is 9.88 Å². The molecule has 3 rings (SSSR count). The number of rotatable bonds is 4. The van der Waals surface area contributed by atoms with Crippen LogP contribution >= 0.6 is 23.1 Å². The molecule has 1 aromatic carbocycles. The van der Waals surface area contributed by atoms with Crippen LogP contribution in [0.25, 0.3) is 0 Å². The average Bonchev–Trinajstić information content (AvgIpc) is 3.23. The number of halogens is 3. The Morgan fingerprint density at radius 1 is 1.42 bits per heavy atom. The molecule has 1 unspecified atom stereocenters. The predicted molar refractivity (Wildman–Crippen MR) is 94.3 cm³/mol. The highest BCUT2D eigenvalue weighted by molar-refractivity contribution is 8.00. The lowest BCUT2D eigenvalue weighted by Crippen LogP contribution is -2.33. The molecule has 0 bridgehead atoms. The summed E-state index contributed by atoms with van der Waals surface area (Å²) >= 11 is 2.33. The topological polar surface area (TPSA) is 65.5 Å². The third-order valence-corrected chi connectivity index (χ3v) is 6.07. The highest BCUT2D eigenvalue weighted by Gasteiger charge is 2.35. The summed E-state index contributed by atoms with van der Waals surface area (Å²) in [4.78, 5) is 18.6. The van der Waals surface area contributed by atoms with Crippen molar-refractivity contribution in [1.29, 1.82) is 0 Å². The Labute approximate surface area is 156 Å². The molecule has 1 aliphatic heterocycles. The monoisotopic (exact) mass is 403 g/mol. The Balaban J connectivity index is 1.60. The van der Waals surface area contributed by atoms with Crippen molar-refractivity contribution < 1.29 is 23.1 Å². The largest absolute Gasteiger partial charge is 0.417 e. The van der Waals surface area contributed by atoms with Gasteiger partial charge in [0.05, 0.1) is 17.0 Å². The first kappa shape index (κ1) is 19.0. The van der Waals surface area contributed by atoms with E-state index < -0.39 is 11.7 Å². The number of aromatic nitrogens is 1. The normalized spacial score (nSPS) is 17.5. The number of carbonyl (C=O) groups is 1. The van der Waals surface area contributed by atoms with Crippen LogP contribution in [0.15, 0.2) is 35.4 Å². The van der Waals surface area contributed by atoms with Gasteiger partial charge < -0.3 is 10.0 Å². The van der Waals surface area contributed by atoms with Gasteiger partial charge in [-0.25, -0.2) is 9.78 Å². The van der Waals surface area contributed by atoms with Crippen LogP contribution in [0, 0.1) is 0 Å². The van der Waals surface area contributed by atoms with Crippen LogP contribution in [0.5, 0.6) is 0 Å². The summed E-state index contributed by atoms with van der Waals surface area (Å²) < 4.78 is 39.3. The van der Waals surface area contributed by atoms with Gasteiger partial charge in [0.15, 0.2) is 5.13 Å². The number of aliphatic hydroxyl groups is 1. The van der Waals surface area contributed by atoms with Gasteiger partial charge >= 0.3 is 12.2 Å². The van der Waals surface area contributed by atoms with Gasteiger partial charge in [-0.3, -0.25) is 5.32 Å². The first-order valence-corrected chi connectivity index (χ1v) is 9.51. The van der Waals surface area contributed by atoms with Gasteiger partial charge in [0, 0.05) is 29.4 Å². The van der Waals surface area contributed by atoms with E-state index in [9.17, 15) is 18.0 Å². The number of aliphatic hydroxyl groups excluding tert-OH is 1. The van der Waals surface area contributed by atoms with Crippen molar-refractivity contribution >= 4 is 34.3 Å². The molecule has 0 spiro atoms. The first-order valence-electron chi connectivity index (χ1n) is 7.81. The Kier molecular flexibility index (Phi) is 5.73. The molecule has 2 N–H and O–H groups in total. The molecule has 1 saturated heterocycles. The summed E-state index contributed by atoms with van der Waals surface area (Å²) in [5, 5.41) is 12.0. The fourth-order valence-electron chi connectivity index (χ4n) is 2.60. The van der Waals surface area contributed by atoms with E-state index in [0.717, 1.165) is 17.8 Å². The SMILES string of the molecule is O=C(Nc1ncc(CO)s1)N1CCC(Sc2ccccc2C(F)(F)F)C1. The number of nitrogens with one attached hydrogen (secondary N) is 1. The zero-order valence-corrected chi connectivity index (χ0v) is 15.1. The third-order valence-electron chi connectivity index (χ3n) is 3.84. The van der Waals surface area contributed by atoms with Crippen LogP contribution in [0.3, 0.4) is 0 Å². The molecule has 1 atom stereocenters. The molecule has 2 amide bonds. The smallest absolute Gasteiger partial charge is 0.391 e. The van der Waals surface area contributed by atoms with Crippen LogP contribution in [0.4, 0.5) is 23.1 Å². The second-order valence-electron chi connectivity index (χ2n) is 5.69. The van der Waals surface area contributed by atoms with E-state index in [2.05, 4.69) is 10.3 Å². The van der Waals surface area contributed by atoms with Crippen molar-refractivity contribution in [2.45, 2.75) is 29.3 Å². The Morgan fingerprint density at radius 2 is 2.19 bits per heavy atom. The van der Waals surface area contributed by atoms with Crippen LogP contribution in [-0.2, 0) is 12.8 Å². The summed E-state index contributed by atoms with van der Waals surface area (Å²) in [5.74, 6) is 0. The Hall–Kier alpha value is -1.78. The molecule has 2 heterocycles. The number of carbonyl (C=O) groups excluding carboxylic acids is 1. The number of nitrogens with zero attached hydrogens (tertiary/aromatic N) is 2. The van der Waals surface area contributed by atoms with Crippen LogP contribution in [-0.4, -0.2) is 39.4 Å². The minimum absolute atomic E-state index is 0.103. The van der Waals surface area contributed by atoms with Gasteiger partial charge in [-0.05, 0) is 18.6 Å². The number of benzene rings is 1. The Morgan fingerprint density at radius 3 is 2.88 bits per heavy atom. The number of anilines is 1. The van der Waals surface area contributed by atoms with E-state index in [1.165, 1.54) is 29.7 Å². The zero-order chi connectivity index (χ0) is 18.7. The van der Waals surface area contributed by atoms with Gasteiger partial charge in [-0.2, -0.15) is 13.2 Å². The zero-order valence-electron chi connectivity index (χ0n) is 13.5. The van der Waals surface area contributed by atoms with E-state index in [-0.39, 0.29) is 22.8 Å². The van der Waals surface area contributed by atoms with Crippen molar-refractivity contribution in [2.75, 3.05) is 18.4 Å². The summed E-state index contributed by atoms with van der Waals surface area (Å²) in [6.45, 7) is 0.686. The number of hydrogen-bond donors (Lipinski definition) is 2. The minimum Gasteiger partial charge on any atom is -0.391 e. The lowest BCUT2D eigenvalue weighted by Gasteiger charge is -2.17. The van der Waals surface area contributed by atoms with E-state index in [1.54, 1.807) is 11.0 Å². The number of likely N-dealkylation sites (tertiary alicyclic amines) is 1. The van der Waals surface area contributed by atoms with Crippen molar-refractivity contribution in [3.63, 3.8) is 0 Å². The van der Waals surface area contributed by atoms with Crippen LogP contribution in [0.1, 0.15) is 16.9 Å². The Bertz CT molecular complexity index is 782. The molecule has 1 aromatic heterocycles. The van der Waals surface area contributed by atoms with Crippen molar-refractivity contribution in [3.05, 3.63) is 40.9 Å². The molecule has 5 nitrogen and oxygen atoms in total. The summed E-state index contributed by atoms with van der Waals surface area (Å²) in [5.41, 5.74) is -0.646. The van der Waals surface area contributed by atoms with Gasteiger partial charge in [0.1, 0.15) is 0 Å². The molecular formula is C16H16F3N3O2S2. The standard InChI is InChI=1S/C16H16F3N3O2S2/c17-16(18,19)12-3-1-2-4-13(12)25-10-5-6-22(8-10)15(24)21-14-20-7-11(9-23)26-14/h1-4,7,10,23H,5-6,8-9H2,(H,20,21,24). The molecule has 1 aliphatic rings. The maximum Gasteiger partial charge on any atom is 0.417 e. The van der Waals surface area contributed by atoms with Crippen molar-refractivity contribution in [3.8, 4) is 0 Å². The van der Waals surface area contributed by atoms with E-state index >= 15 is 0 Å². The fourth-order valence-corrected chi connectivity index (χ4v) is 4.57. The summed E-state index contributed by atoms with van der Waals surface area (Å²) in [7, 11) is 0. The second kappa shape index (κ2) is 7.85. The van der Waals surface area contributed by atoms with Crippen LogP contribution < -0.4 is 5.32 Å². The molecular weight excluding hydrogens is 387 g/mol. The van der Waals surface area contributed by atoms with E-state index in [1.807, 2.05) is 0 Å². The number of thioether (sulfide) groups is 1. The highest BCUT2D eigenvalue weighted by atomic mass is 32.2. The molecule has 2 aromatic rings. The first-order chi connectivity index (χ1) is 12.4. The number of thiazole rings is 1. The molecule has 0 saturated carbocycles. The molecule has 0 radical (unpaired) electrons. The van der Waals surface area contributed by atoms with Gasteiger partial charge in [0.25, 0.3) is 0 Å². The number of amides is 2. The maximum absolute atomic E-state index is 13.1. The van der Waals surface area contributed by atoms with Crippen LogP contribution in [0.2, 0.25) is 0 Å². The quantitative estimate of drug-likeness (QED) is 0.808. The summed E-state index contributed by atoms with van der Waals surface area (Å²) in [6.07, 6.45) is -2.30. The van der Waals surface area contributed by atoms with E-state index in [4.69, 9.17) is 5.11 Å². The lowest BCUT2D eigenvalue weighted by molar-refractivity contribution is -0.139. The number of alkyl halides is 3. The van der Waals surface area contributed by atoms with Crippen molar-refractivity contribution in [2.24, 2.45) is 0 Å².